The van der Waals surface area contributed by atoms with Crippen molar-refractivity contribution in [3.8, 4) is 0 Å². The molecule has 18 N–H and O–H groups in total. The molecule has 4 heterocycles. The van der Waals surface area contributed by atoms with Gasteiger partial charge in [0.1, 0.15) is 98.2 Å². The van der Waals surface area contributed by atoms with Crippen LogP contribution in [0, 0.1) is 0 Å². The fraction of sp³-hybridized carbons (Fsp3) is 0.792. The molecule has 4 fully saturated rings. The van der Waals surface area contributed by atoms with Gasteiger partial charge in [-0.05, 0) is 44.6 Å². The number of carbonyl (C=O) groups is 5. The van der Waals surface area contributed by atoms with Crippen molar-refractivity contribution in [2.45, 2.75) is 181 Å². The molecule has 0 aromatic heterocycles. The number of hydrogen-bond acceptors (Lipinski definition) is 28. The van der Waals surface area contributed by atoms with Gasteiger partial charge in [-0.25, -0.2) is 4.79 Å². The smallest absolute Gasteiger partial charge is 0.407 e. The van der Waals surface area contributed by atoms with Crippen LogP contribution in [0.3, 0.4) is 0 Å². The van der Waals surface area contributed by atoms with Crippen molar-refractivity contribution in [3.05, 3.63) is 35.9 Å². The molecule has 1 aromatic carbocycles. The second-order valence-corrected chi connectivity index (χ2v) is 21.2. The van der Waals surface area contributed by atoms with Crippen LogP contribution in [-0.2, 0) is 68.4 Å². The zero-order valence-corrected chi connectivity index (χ0v) is 47.8. The van der Waals surface area contributed by atoms with E-state index < -0.39 is 193 Å². The van der Waals surface area contributed by atoms with Gasteiger partial charge in [0.05, 0.1) is 58.8 Å². The van der Waals surface area contributed by atoms with E-state index in [1.807, 2.05) is 30.3 Å². The average molecular weight is 1240 g/mol. The Kier molecular flexibility index (Phi) is 31.5. The molecule has 4 aliphatic rings. The SMILES string of the molecule is C[C@@H]1O[C@@H](OCCNC(=O)CCCCCNC(=O)CN(CC(=O)NCCCCCNC(=O)OCc2ccccc2)CC(=O)NCCO[C@H]2O[C@H](CO[C@H]3O[C@H](CO)[C@@H](O)[C@H](O)[C@@H]3O)[C@@H](O)[C@H](O[C@H]3O[C@H](CO)[C@@H](O)[C@H](O)[C@@H]3O)[C@@H]2O)[C@@H](O)[C@H](O)[C@@H]1O. The third-order valence-electron chi connectivity index (χ3n) is 14.4. The quantitative estimate of drug-likeness (QED) is 0.0281. The molecule has 4 aliphatic heterocycles. The van der Waals surface area contributed by atoms with Gasteiger partial charge in [0.15, 0.2) is 25.2 Å². The van der Waals surface area contributed by atoms with Crippen LogP contribution in [0.2, 0.25) is 0 Å². The minimum atomic E-state index is -1.98. The molecule has 33 heteroatoms. The Bertz CT molecular complexity index is 2160. The fourth-order valence-corrected chi connectivity index (χ4v) is 9.42. The summed E-state index contributed by atoms with van der Waals surface area (Å²) in [6.45, 7) is -1.87. The molecular weight excluding hydrogens is 1150 g/mol. The van der Waals surface area contributed by atoms with Crippen molar-refractivity contribution in [1.29, 1.82) is 0 Å². The van der Waals surface area contributed by atoms with Crippen LogP contribution in [0.25, 0.3) is 0 Å². The maximum absolute atomic E-state index is 13.4. The number of rotatable bonds is 35. The highest BCUT2D eigenvalue weighted by atomic mass is 16.8. The lowest BCUT2D eigenvalue weighted by Gasteiger charge is -2.46. The van der Waals surface area contributed by atoms with Gasteiger partial charge in [-0.3, -0.25) is 24.1 Å². The maximum Gasteiger partial charge on any atom is 0.407 e. The molecule has 0 aliphatic carbocycles. The van der Waals surface area contributed by atoms with Gasteiger partial charge in [-0.2, -0.15) is 0 Å². The summed E-state index contributed by atoms with van der Waals surface area (Å²) in [5, 5.41) is 148. The third kappa shape index (κ3) is 22.8. The number of nitrogens with one attached hydrogen (secondary N) is 5. The lowest BCUT2D eigenvalue weighted by molar-refractivity contribution is -0.366. The van der Waals surface area contributed by atoms with Crippen LogP contribution in [-0.4, -0.2) is 309 Å². The second-order valence-electron chi connectivity index (χ2n) is 21.2. The predicted octanol–water partition coefficient (Wildman–Crippen LogP) is -8.28. The Hall–Kier alpha value is -4.51. The van der Waals surface area contributed by atoms with E-state index in [1.165, 1.54) is 11.8 Å². The number of alkyl carbamates (subject to hydrolysis) is 1. The number of aliphatic hydroxyl groups excluding tert-OH is 13. The third-order valence-corrected chi connectivity index (χ3v) is 14.4. The molecule has 1 aromatic rings. The number of nitrogens with zero attached hydrogens (tertiary/aromatic N) is 1. The van der Waals surface area contributed by atoms with Gasteiger partial charge < -0.3 is 136 Å². The van der Waals surface area contributed by atoms with E-state index in [0.717, 1.165) is 5.56 Å². The normalized spacial score (nSPS) is 32.9. The minimum Gasteiger partial charge on any atom is -0.445 e. The standard InChI is InChI=1S/C53H88N6O27/c1-28-37(66)41(70)44(73)49(82-28)78-19-17-56-33(62)13-7-3-8-14-54-34(63)21-59(22-35(64)55-15-9-4-10-16-58-53(77)81-26-29-11-5-2-6-12-29)23-36(65)57-18-20-79-51-47(76)48(86-52-46(75)43(72)39(68)31(25-61)84-52)40(69)32(85-51)27-80-50-45(74)42(71)38(67)30(24-60)83-50/h2,5-6,11-12,28,30-32,37-52,60-61,66-76H,3-4,7-10,13-27H2,1H3,(H,54,63)(H,55,64)(H,56,62)(H,57,65)(H,58,77)/t28-,30+,31+,32+,37+,38+,39+,40+,41+,42-,43-,44-,45-,46-,47-,48-,49+,50-,51-,52+/m0/s1. The van der Waals surface area contributed by atoms with Crippen molar-refractivity contribution in [1.82, 2.24) is 31.5 Å². The molecule has 492 valence electrons. The van der Waals surface area contributed by atoms with Crippen molar-refractivity contribution < 1.29 is 133 Å². The molecule has 0 radical (unpaired) electrons. The van der Waals surface area contributed by atoms with Crippen LogP contribution >= 0.6 is 0 Å². The molecule has 86 heavy (non-hydrogen) atoms. The van der Waals surface area contributed by atoms with Crippen molar-refractivity contribution >= 4 is 29.7 Å². The highest BCUT2D eigenvalue weighted by molar-refractivity contribution is 5.84. The van der Waals surface area contributed by atoms with Gasteiger partial charge in [0, 0.05) is 39.1 Å². The van der Waals surface area contributed by atoms with E-state index in [9.17, 15) is 90.4 Å². The number of carbonyl (C=O) groups excluding carboxylic acids is 5. The minimum absolute atomic E-state index is 0.0373. The Morgan fingerprint density at radius 1 is 0.465 bits per heavy atom. The highest BCUT2D eigenvalue weighted by Crippen LogP contribution is 2.31. The highest BCUT2D eigenvalue weighted by Gasteiger charge is 2.52. The maximum atomic E-state index is 13.4. The van der Waals surface area contributed by atoms with E-state index in [2.05, 4.69) is 26.6 Å². The van der Waals surface area contributed by atoms with E-state index in [-0.39, 0.29) is 51.7 Å². The van der Waals surface area contributed by atoms with E-state index in [0.29, 0.717) is 45.1 Å². The average Bonchev–Trinajstić information content (AvgIpc) is 3.11. The zero-order valence-electron chi connectivity index (χ0n) is 47.8. The van der Waals surface area contributed by atoms with E-state index in [1.54, 1.807) is 0 Å². The first-order valence-corrected chi connectivity index (χ1v) is 28.7. The molecule has 5 amide bonds. The topological polar surface area (TPSA) is 495 Å². The number of aliphatic hydroxyl groups is 13. The Labute approximate surface area is 495 Å². The molecule has 0 saturated carbocycles. The van der Waals surface area contributed by atoms with Gasteiger partial charge in [0.2, 0.25) is 23.6 Å². The lowest BCUT2D eigenvalue weighted by atomic mass is 9.96. The second kappa shape index (κ2) is 37.5. The van der Waals surface area contributed by atoms with Crippen LogP contribution in [0.4, 0.5) is 4.79 Å². The molecule has 0 spiro atoms. The number of benzene rings is 1. The fourth-order valence-electron chi connectivity index (χ4n) is 9.42. The summed E-state index contributed by atoms with van der Waals surface area (Å²) >= 11 is 0. The van der Waals surface area contributed by atoms with Crippen molar-refractivity contribution in [3.63, 3.8) is 0 Å². The summed E-state index contributed by atoms with van der Waals surface area (Å²) in [6.07, 6.45) is -29.8. The number of unbranched alkanes of at least 4 members (excludes halogenated alkanes) is 4. The summed E-state index contributed by atoms with van der Waals surface area (Å²) in [5.74, 6) is -2.00. The summed E-state index contributed by atoms with van der Waals surface area (Å²) < 4.78 is 49.6. The summed E-state index contributed by atoms with van der Waals surface area (Å²) in [6, 6.07) is 9.17. The van der Waals surface area contributed by atoms with Gasteiger partial charge in [-0.15, -0.1) is 0 Å². The van der Waals surface area contributed by atoms with Crippen LogP contribution in [0.15, 0.2) is 30.3 Å². The summed E-state index contributed by atoms with van der Waals surface area (Å²) in [5.41, 5.74) is 0.838. The van der Waals surface area contributed by atoms with Crippen molar-refractivity contribution in [2.75, 3.05) is 85.4 Å². The first-order valence-electron chi connectivity index (χ1n) is 28.7. The van der Waals surface area contributed by atoms with Crippen LogP contribution in [0.5, 0.6) is 0 Å². The number of amides is 5. The largest absolute Gasteiger partial charge is 0.445 e. The first-order chi connectivity index (χ1) is 41.1. The monoisotopic (exact) mass is 1240 g/mol. The molecule has 20 atom stereocenters. The molecule has 5 rings (SSSR count). The first kappa shape index (κ1) is 72.2. The van der Waals surface area contributed by atoms with Crippen LogP contribution < -0.4 is 26.6 Å². The predicted molar refractivity (Wildman–Crippen MR) is 289 cm³/mol. The molecule has 0 unspecified atom stereocenters. The Balaban J connectivity index is 1.10. The lowest BCUT2D eigenvalue weighted by Crippen LogP contribution is -2.65. The number of hydrogen-bond donors (Lipinski definition) is 18. The molecule has 0 bridgehead atoms. The van der Waals surface area contributed by atoms with Crippen LogP contribution in [0.1, 0.15) is 57.4 Å². The van der Waals surface area contributed by atoms with Gasteiger partial charge >= 0.3 is 6.09 Å². The van der Waals surface area contributed by atoms with Gasteiger partial charge in [-0.1, -0.05) is 36.8 Å². The summed E-state index contributed by atoms with van der Waals surface area (Å²) in [7, 11) is 0. The van der Waals surface area contributed by atoms with E-state index in [4.69, 9.17) is 42.6 Å². The van der Waals surface area contributed by atoms with Gasteiger partial charge in [0.25, 0.3) is 0 Å². The molecule has 33 nitrogen and oxygen atoms in total. The Morgan fingerprint density at radius 2 is 0.919 bits per heavy atom. The zero-order chi connectivity index (χ0) is 62.9. The summed E-state index contributed by atoms with van der Waals surface area (Å²) in [4.78, 5) is 65.5. The molecular formula is C53H88N6O27. The number of ether oxygens (including phenoxy) is 9. The van der Waals surface area contributed by atoms with Crippen molar-refractivity contribution in [2.24, 2.45) is 0 Å². The van der Waals surface area contributed by atoms with E-state index >= 15 is 0 Å². The molecule has 4 saturated heterocycles. The Morgan fingerprint density at radius 3 is 1.48 bits per heavy atom.